The van der Waals surface area contributed by atoms with Crippen LogP contribution in [0.2, 0.25) is 0 Å². The van der Waals surface area contributed by atoms with E-state index in [1.54, 1.807) is 12.1 Å². The van der Waals surface area contributed by atoms with E-state index in [0.29, 0.717) is 17.5 Å². The van der Waals surface area contributed by atoms with Crippen molar-refractivity contribution in [3.05, 3.63) is 55.0 Å². The van der Waals surface area contributed by atoms with Crippen LogP contribution in [0, 0.1) is 32.1 Å². The zero-order valence-electron chi connectivity index (χ0n) is 19.6. The first kappa shape index (κ1) is 26.8. The van der Waals surface area contributed by atoms with Crippen LogP contribution in [0.15, 0.2) is 45.0 Å². The van der Waals surface area contributed by atoms with Crippen LogP contribution in [-0.2, 0) is 4.79 Å². The number of halogens is 1. The van der Waals surface area contributed by atoms with Gasteiger partial charge in [0.15, 0.2) is 5.69 Å². The summed E-state index contributed by atoms with van der Waals surface area (Å²) < 4.78 is 0.0508. The average molecular weight is 535 g/mol. The maximum absolute atomic E-state index is 11.8. The Labute approximate surface area is 205 Å². The topological polar surface area (TPSA) is 143 Å². The number of nitrogens with one attached hydrogen (secondary N) is 1. The fraction of sp³-hybridized carbons (Fsp3) is 0.409. The third-order valence-electron chi connectivity index (χ3n) is 4.52. The Balaban J connectivity index is 2.54. The van der Waals surface area contributed by atoms with Gasteiger partial charge in [0.1, 0.15) is 5.69 Å². The maximum atomic E-state index is 11.8. The second-order valence-electron chi connectivity index (χ2n) is 8.58. The lowest BCUT2D eigenvalue weighted by Gasteiger charge is -2.29. The smallest absolute Gasteiger partial charge is 0.304 e. The molecule has 11 nitrogen and oxygen atoms in total. The predicted octanol–water partition coefficient (Wildman–Crippen LogP) is 6.76. The van der Waals surface area contributed by atoms with Gasteiger partial charge in [-0.25, -0.2) is 0 Å². The summed E-state index contributed by atoms with van der Waals surface area (Å²) in [6.07, 6.45) is 0. The number of hydrogen-bond donors (Lipinski definition) is 1. The molecule has 0 radical (unpaired) electrons. The van der Waals surface area contributed by atoms with Crippen LogP contribution in [0.5, 0.6) is 0 Å². The quantitative estimate of drug-likeness (QED) is 0.202. The lowest BCUT2D eigenvalue weighted by atomic mass is 10.1. The fourth-order valence-corrected chi connectivity index (χ4v) is 3.80. The molecule has 0 bridgehead atoms. The number of carbonyl (C=O) groups excluding carboxylic acids is 1. The Morgan fingerprint density at radius 1 is 1.03 bits per heavy atom. The van der Waals surface area contributed by atoms with Gasteiger partial charge in [-0.05, 0) is 46.0 Å². The third-order valence-corrected chi connectivity index (χ3v) is 5.12. The molecule has 1 amide bonds. The summed E-state index contributed by atoms with van der Waals surface area (Å²) in [6, 6.07) is 7.26. The highest BCUT2D eigenvalue weighted by Gasteiger charge is 2.23. The number of nitro benzene ring substituents is 2. The summed E-state index contributed by atoms with van der Waals surface area (Å²) in [4.78, 5) is 35.1. The standard InChI is InChI=1S/C22H27BrN6O5/c1-13(2)11-27(12-14(3)4)16-6-7-19(20(9-16)24-15(5)30)25-26-22-18(23)8-17(28(31)32)10-21(22)29(33)34/h6-10,13-14H,11-12H2,1-5H3,(H,24,30). The Hall–Kier alpha value is -3.41. The second kappa shape index (κ2) is 11.6. The molecule has 34 heavy (non-hydrogen) atoms. The Bertz CT molecular complexity index is 1110. The number of hydrogen-bond acceptors (Lipinski definition) is 8. The summed E-state index contributed by atoms with van der Waals surface area (Å²) >= 11 is 3.10. The summed E-state index contributed by atoms with van der Waals surface area (Å²) in [5.41, 5.74) is 0.389. The lowest BCUT2D eigenvalue weighted by molar-refractivity contribution is -0.393. The molecule has 0 atom stereocenters. The number of benzene rings is 2. The SMILES string of the molecule is CC(=O)Nc1cc(N(CC(C)C)CC(C)C)ccc1N=Nc1c(Br)cc([N+](=O)[O-])cc1[N+](=O)[O-]. The zero-order chi connectivity index (χ0) is 25.6. The number of non-ortho nitro benzene ring substituents is 1. The molecule has 0 aromatic heterocycles. The van der Waals surface area contributed by atoms with E-state index in [9.17, 15) is 25.0 Å². The molecule has 0 saturated carbocycles. The molecular formula is C22H27BrN6O5. The molecule has 2 aromatic carbocycles. The van der Waals surface area contributed by atoms with E-state index < -0.39 is 21.2 Å². The molecule has 0 heterocycles. The van der Waals surface area contributed by atoms with E-state index in [-0.39, 0.29) is 21.8 Å². The number of nitrogens with zero attached hydrogens (tertiary/aromatic N) is 5. The molecule has 1 N–H and O–H groups in total. The van der Waals surface area contributed by atoms with Gasteiger partial charge in [0.25, 0.3) is 5.69 Å². The summed E-state index contributed by atoms with van der Waals surface area (Å²) in [5, 5.41) is 33.4. The van der Waals surface area contributed by atoms with Gasteiger partial charge < -0.3 is 10.2 Å². The number of azo groups is 1. The Morgan fingerprint density at radius 3 is 2.15 bits per heavy atom. The van der Waals surface area contributed by atoms with Gasteiger partial charge in [-0.2, -0.15) is 0 Å². The largest absolute Gasteiger partial charge is 0.371 e. The van der Waals surface area contributed by atoms with E-state index in [1.165, 1.54) is 6.92 Å². The minimum Gasteiger partial charge on any atom is -0.371 e. The summed E-state index contributed by atoms with van der Waals surface area (Å²) in [7, 11) is 0. The van der Waals surface area contributed by atoms with E-state index in [1.807, 2.05) is 6.07 Å². The number of nitro groups is 2. The first-order valence-corrected chi connectivity index (χ1v) is 11.4. The van der Waals surface area contributed by atoms with Gasteiger partial charge in [-0.15, -0.1) is 10.2 Å². The van der Waals surface area contributed by atoms with Crippen LogP contribution < -0.4 is 10.2 Å². The molecule has 0 saturated heterocycles. The highest BCUT2D eigenvalue weighted by Crippen LogP contribution is 2.40. The first-order chi connectivity index (χ1) is 15.9. The zero-order valence-corrected chi connectivity index (χ0v) is 21.2. The van der Waals surface area contributed by atoms with Gasteiger partial charge in [-0.1, -0.05) is 27.7 Å². The normalized spacial score (nSPS) is 11.3. The van der Waals surface area contributed by atoms with Crippen molar-refractivity contribution < 1.29 is 14.6 Å². The van der Waals surface area contributed by atoms with Gasteiger partial charge in [0.05, 0.1) is 26.1 Å². The monoisotopic (exact) mass is 534 g/mol. The second-order valence-corrected chi connectivity index (χ2v) is 9.44. The highest BCUT2D eigenvalue weighted by molar-refractivity contribution is 9.10. The number of carbonyl (C=O) groups is 1. The number of rotatable bonds is 10. The van der Waals surface area contributed by atoms with Crippen molar-refractivity contribution in [3.8, 4) is 0 Å². The van der Waals surface area contributed by atoms with Gasteiger partial charge in [0.2, 0.25) is 5.91 Å². The first-order valence-electron chi connectivity index (χ1n) is 10.6. The van der Waals surface area contributed by atoms with Crippen LogP contribution >= 0.6 is 15.9 Å². The van der Waals surface area contributed by atoms with Crippen LogP contribution in [-0.4, -0.2) is 28.8 Å². The molecule has 182 valence electrons. The molecule has 0 unspecified atom stereocenters. The van der Waals surface area contributed by atoms with Crippen molar-refractivity contribution in [2.24, 2.45) is 22.1 Å². The minimum absolute atomic E-state index is 0.0508. The number of amides is 1. The molecule has 0 spiro atoms. The molecule has 0 aliphatic carbocycles. The summed E-state index contributed by atoms with van der Waals surface area (Å²) in [6.45, 7) is 11.5. The van der Waals surface area contributed by atoms with Crippen LogP contribution in [0.1, 0.15) is 34.6 Å². The average Bonchev–Trinajstić information content (AvgIpc) is 2.71. The summed E-state index contributed by atoms with van der Waals surface area (Å²) in [5.74, 6) is 0.528. The van der Waals surface area contributed by atoms with E-state index in [0.717, 1.165) is 30.9 Å². The molecule has 2 aromatic rings. The Kier molecular flexibility index (Phi) is 9.19. The van der Waals surface area contributed by atoms with Crippen LogP contribution in [0.4, 0.5) is 34.1 Å². The maximum Gasteiger partial charge on any atom is 0.304 e. The van der Waals surface area contributed by atoms with Gasteiger partial charge >= 0.3 is 5.69 Å². The highest BCUT2D eigenvalue weighted by atomic mass is 79.9. The third kappa shape index (κ3) is 7.30. The van der Waals surface area contributed by atoms with Crippen molar-refractivity contribution in [3.63, 3.8) is 0 Å². The molecular weight excluding hydrogens is 508 g/mol. The molecule has 12 heteroatoms. The minimum atomic E-state index is -0.764. The Morgan fingerprint density at radius 2 is 1.65 bits per heavy atom. The van der Waals surface area contributed by atoms with Crippen molar-refractivity contribution in [1.29, 1.82) is 0 Å². The van der Waals surface area contributed by atoms with E-state index in [4.69, 9.17) is 0 Å². The number of anilines is 2. The lowest BCUT2D eigenvalue weighted by Crippen LogP contribution is -2.31. The van der Waals surface area contributed by atoms with Gasteiger partial charge in [-0.3, -0.25) is 25.0 Å². The molecule has 0 aliphatic rings. The van der Waals surface area contributed by atoms with Crippen LogP contribution in [0.3, 0.4) is 0 Å². The van der Waals surface area contributed by atoms with E-state index in [2.05, 4.69) is 64.1 Å². The van der Waals surface area contributed by atoms with Gasteiger partial charge in [0, 0.05) is 31.8 Å². The molecule has 0 aliphatic heterocycles. The van der Waals surface area contributed by atoms with Crippen molar-refractivity contribution in [2.45, 2.75) is 34.6 Å². The predicted molar refractivity (Wildman–Crippen MR) is 134 cm³/mol. The molecule has 2 rings (SSSR count). The van der Waals surface area contributed by atoms with Crippen molar-refractivity contribution >= 4 is 56.0 Å². The van der Waals surface area contributed by atoms with Crippen molar-refractivity contribution in [1.82, 2.24) is 0 Å². The molecule has 0 fully saturated rings. The van der Waals surface area contributed by atoms with Crippen molar-refractivity contribution in [2.75, 3.05) is 23.3 Å². The van der Waals surface area contributed by atoms with E-state index >= 15 is 0 Å². The van der Waals surface area contributed by atoms with Crippen LogP contribution in [0.25, 0.3) is 0 Å². The fourth-order valence-electron chi connectivity index (χ4n) is 3.28.